The summed E-state index contributed by atoms with van der Waals surface area (Å²) in [5, 5.41) is 11.8. The van der Waals surface area contributed by atoms with Crippen molar-refractivity contribution in [2.24, 2.45) is 10.9 Å². The maximum atomic E-state index is 10.2. The van der Waals surface area contributed by atoms with Gasteiger partial charge in [0.15, 0.2) is 0 Å². The van der Waals surface area contributed by atoms with Crippen molar-refractivity contribution in [1.29, 1.82) is 0 Å². The second kappa shape index (κ2) is 4.81. The molecule has 3 N–H and O–H groups in total. The molecule has 0 fully saturated rings. The molecule has 0 aliphatic rings. The van der Waals surface area contributed by atoms with Crippen LogP contribution in [0.4, 0.5) is 0 Å². The van der Waals surface area contributed by atoms with Crippen molar-refractivity contribution >= 4 is 18.3 Å². The smallest absolute Gasteiger partial charge is 0.328 e. The van der Waals surface area contributed by atoms with E-state index in [9.17, 15) is 4.79 Å². The normalized spacial score (nSPS) is 11.1. The second-order valence-corrected chi connectivity index (χ2v) is 2.62. The molecule has 1 aromatic carbocycles. The van der Waals surface area contributed by atoms with Crippen LogP contribution in [0.25, 0.3) is 6.08 Å². The highest BCUT2D eigenvalue weighted by molar-refractivity contribution is 5.85. The quantitative estimate of drug-likeness (QED) is 0.324. The zero-order chi connectivity index (χ0) is 10.4. The molecule has 1 aromatic rings. The minimum absolute atomic E-state index is 0.821. The predicted molar refractivity (Wildman–Crippen MR) is 54.9 cm³/mol. The number of benzene rings is 1. The maximum absolute atomic E-state index is 10.2. The zero-order valence-corrected chi connectivity index (χ0v) is 7.42. The van der Waals surface area contributed by atoms with E-state index in [1.54, 1.807) is 24.3 Å². The van der Waals surface area contributed by atoms with E-state index in [0.717, 1.165) is 17.2 Å². The highest BCUT2D eigenvalue weighted by atomic mass is 16.4. The van der Waals surface area contributed by atoms with Crippen LogP contribution in [0.2, 0.25) is 0 Å². The molecule has 14 heavy (non-hydrogen) atoms. The van der Waals surface area contributed by atoms with Crippen LogP contribution in [-0.4, -0.2) is 17.3 Å². The van der Waals surface area contributed by atoms with Crippen molar-refractivity contribution in [3.05, 3.63) is 41.5 Å². The lowest BCUT2D eigenvalue weighted by Crippen LogP contribution is -1.87. The van der Waals surface area contributed by atoms with Crippen LogP contribution >= 0.6 is 0 Å². The molecule has 0 aliphatic heterocycles. The van der Waals surface area contributed by atoms with Gasteiger partial charge in [-0.1, -0.05) is 24.3 Å². The summed E-state index contributed by atoms with van der Waals surface area (Å²) in [4.78, 5) is 10.2. The Kier molecular flexibility index (Phi) is 3.43. The Balaban J connectivity index is 2.78. The van der Waals surface area contributed by atoms with E-state index in [1.807, 2.05) is 0 Å². The first-order valence-corrected chi connectivity index (χ1v) is 3.96. The fourth-order valence-corrected chi connectivity index (χ4v) is 0.947. The fourth-order valence-electron chi connectivity index (χ4n) is 0.947. The summed E-state index contributed by atoms with van der Waals surface area (Å²) in [7, 11) is 0. The van der Waals surface area contributed by atoms with E-state index in [1.165, 1.54) is 12.3 Å². The molecule has 4 nitrogen and oxygen atoms in total. The molecule has 0 amide bonds. The van der Waals surface area contributed by atoms with E-state index >= 15 is 0 Å². The summed E-state index contributed by atoms with van der Waals surface area (Å²) in [6.07, 6.45) is 4.13. The van der Waals surface area contributed by atoms with Crippen molar-refractivity contribution in [2.75, 3.05) is 0 Å². The van der Waals surface area contributed by atoms with E-state index < -0.39 is 5.97 Å². The van der Waals surface area contributed by atoms with Crippen molar-refractivity contribution in [1.82, 2.24) is 0 Å². The van der Waals surface area contributed by atoms with Gasteiger partial charge in [0, 0.05) is 6.08 Å². The molecule has 0 spiro atoms. The molecule has 0 saturated heterocycles. The van der Waals surface area contributed by atoms with Crippen LogP contribution in [0.15, 0.2) is 35.4 Å². The van der Waals surface area contributed by atoms with Crippen LogP contribution < -0.4 is 5.84 Å². The molecule has 0 atom stereocenters. The number of aliphatic carboxylic acids is 1. The molecule has 0 saturated carbocycles. The lowest BCUT2D eigenvalue weighted by molar-refractivity contribution is -0.131. The number of nitrogens with zero attached hydrogens (tertiary/aromatic N) is 1. The molecule has 0 heterocycles. The molecule has 4 heteroatoms. The van der Waals surface area contributed by atoms with Gasteiger partial charge in [0.25, 0.3) is 0 Å². The van der Waals surface area contributed by atoms with Gasteiger partial charge in [0.05, 0.1) is 6.21 Å². The summed E-state index contributed by atoms with van der Waals surface area (Å²) in [5.41, 5.74) is 1.70. The average molecular weight is 190 g/mol. The number of hydrogen-bond donors (Lipinski definition) is 2. The third-order valence-corrected chi connectivity index (χ3v) is 1.58. The Hall–Kier alpha value is -2.10. The third-order valence-electron chi connectivity index (χ3n) is 1.58. The molecule has 0 radical (unpaired) electrons. The van der Waals surface area contributed by atoms with Crippen molar-refractivity contribution < 1.29 is 9.90 Å². The molecule has 0 bridgehead atoms. The number of hydrazone groups is 1. The first kappa shape index (κ1) is 9.98. The van der Waals surface area contributed by atoms with Gasteiger partial charge in [0.1, 0.15) is 0 Å². The van der Waals surface area contributed by atoms with Crippen molar-refractivity contribution in [3.63, 3.8) is 0 Å². The summed E-state index contributed by atoms with van der Waals surface area (Å²) >= 11 is 0. The van der Waals surface area contributed by atoms with E-state index in [2.05, 4.69) is 5.10 Å². The monoisotopic (exact) mass is 190 g/mol. The highest BCUT2D eigenvalue weighted by Gasteiger charge is 1.90. The molecule has 1 rings (SSSR count). The predicted octanol–water partition coefficient (Wildman–Crippen LogP) is 1.08. The minimum atomic E-state index is -0.961. The number of carbonyl (C=O) groups is 1. The van der Waals surface area contributed by atoms with Crippen molar-refractivity contribution in [2.45, 2.75) is 0 Å². The molecule has 0 aromatic heterocycles. The molecule has 0 unspecified atom stereocenters. The fraction of sp³-hybridized carbons (Fsp3) is 0. The van der Waals surface area contributed by atoms with E-state index in [4.69, 9.17) is 10.9 Å². The summed E-state index contributed by atoms with van der Waals surface area (Å²) in [6, 6.07) is 7.18. The topological polar surface area (TPSA) is 75.7 Å². The lowest BCUT2D eigenvalue weighted by atomic mass is 10.1. The summed E-state index contributed by atoms with van der Waals surface area (Å²) < 4.78 is 0. The third kappa shape index (κ3) is 3.10. The van der Waals surface area contributed by atoms with Gasteiger partial charge in [-0.3, -0.25) is 0 Å². The Morgan fingerprint density at radius 3 is 2.36 bits per heavy atom. The van der Waals surface area contributed by atoms with Gasteiger partial charge in [-0.25, -0.2) is 4.79 Å². The number of nitrogens with two attached hydrogens (primary N) is 1. The summed E-state index contributed by atoms with van der Waals surface area (Å²) in [6.45, 7) is 0. The van der Waals surface area contributed by atoms with Crippen LogP contribution in [0.5, 0.6) is 0 Å². The van der Waals surface area contributed by atoms with Crippen LogP contribution in [0.1, 0.15) is 11.1 Å². The zero-order valence-electron chi connectivity index (χ0n) is 7.42. The SMILES string of the molecule is N/N=C/c1ccc(/C=C/C(=O)O)cc1. The average Bonchev–Trinajstić information content (AvgIpc) is 2.17. The van der Waals surface area contributed by atoms with Gasteiger partial charge in [0.2, 0.25) is 0 Å². The van der Waals surface area contributed by atoms with Crippen LogP contribution in [0.3, 0.4) is 0 Å². The van der Waals surface area contributed by atoms with Gasteiger partial charge in [-0.05, 0) is 17.2 Å². The maximum Gasteiger partial charge on any atom is 0.328 e. The Morgan fingerprint density at radius 1 is 1.29 bits per heavy atom. The van der Waals surface area contributed by atoms with Gasteiger partial charge < -0.3 is 10.9 Å². The Bertz CT molecular complexity index is 366. The number of carboxylic acid groups (broad SMARTS) is 1. The lowest BCUT2D eigenvalue weighted by Gasteiger charge is -1.93. The first-order chi connectivity index (χ1) is 6.72. The Morgan fingerprint density at radius 2 is 1.86 bits per heavy atom. The number of hydrogen-bond acceptors (Lipinski definition) is 3. The second-order valence-electron chi connectivity index (χ2n) is 2.62. The highest BCUT2D eigenvalue weighted by Crippen LogP contribution is 2.04. The van der Waals surface area contributed by atoms with Crippen molar-refractivity contribution in [3.8, 4) is 0 Å². The minimum Gasteiger partial charge on any atom is -0.478 e. The van der Waals surface area contributed by atoms with Crippen LogP contribution in [-0.2, 0) is 4.79 Å². The number of carboxylic acids is 1. The van der Waals surface area contributed by atoms with Gasteiger partial charge in [-0.2, -0.15) is 5.10 Å². The first-order valence-electron chi connectivity index (χ1n) is 3.96. The molecule has 0 aliphatic carbocycles. The summed E-state index contributed by atoms with van der Waals surface area (Å²) in [5.74, 6) is 4.01. The standard InChI is InChI=1S/C10H10N2O2/c11-12-7-9-3-1-8(2-4-9)5-6-10(13)14/h1-7H,11H2,(H,13,14)/b6-5+,12-7+. The van der Waals surface area contributed by atoms with E-state index in [0.29, 0.717) is 0 Å². The largest absolute Gasteiger partial charge is 0.478 e. The Labute approximate surface area is 81.4 Å². The molecule has 72 valence electrons. The van der Waals surface area contributed by atoms with Gasteiger partial charge in [-0.15, -0.1) is 0 Å². The van der Waals surface area contributed by atoms with Crippen LogP contribution in [0, 0.1) is 0 Å². The number of rotatable bonds is 3. The molecular formula is C10H10N2O2. The molecular weight excluding hydrogens is 180 g/mol. The van der Waals surface area contributed by atoms with Gasteiger partial charge >= 0.3 is 5.97 Å². The van der Waals surface area contributed by atoms with E-state index in [-0.39, 0.29) is 0 Å².